The second-order valence-corrected chi connectivity index (χ2v) is 18.2. The summed E-state index contributed by atoms with van der Waals surface area (Å²) in [6, 6.07) is 7.80. The highest BCUT2D eigenvalue weighted by atomic mass is 16.5. The zero-order valence-electron chi connectivity index (χ0n) is 35.5. The van der Waals surface area contributed by atoms with E-state index in [1.54, 1.807) is 20.3 Å². The fourth-order valence-corrected chi connectivity index (χ4v) is 8.98. The molecule has 304 valence electrons. The highest BCUT2D eigenvalue weighted by Gasteiger charge is 2.51. The zero-order valence-corrected chi connectivity index (χ0v) is 35.5. The highest BCUT2D eigenvalue weighted by Crippen LogP contribution is 2.48. The van der Waals surface area contributed by atoms with Crippen LogP contribution in [0.4, 0.5) is 11.4 Å². The highest BCUT2D eigenvalue weighted by molar-refractivity contribution is 6.04. The number of aliphatic imine (C=N–C) groups is 1. The van der Waals surface area contributed by atoms with Crippen LogP contribution in [0, 0.1) is 10.8 Å². The van der Waals surface area contributed by atoms with Gasteiger partial charge in [-0.15, -0.1) is 0 Å². The van der Waals surface area contributed by atoms with Crippen LogP contribution in [-0.4, -0.2) is 92.0 Å². The van der Waals surface area contributed by atoms with Crippen LogP contribution < -0.4 is 23.8 Å². The standard InChI is InChI=1S/C46H64N4O6/c1-13-32(14-2)50-31(5)46(10)24-30(4)27-49(46)43(52)35-21-39(54-12)41(23-37(35)50)55-18-17-44(6,7)15-16-45(8,9)28-56-40-22-36-34(20-38(40)53-11)42(51)48-26-29(3)19-33(48)25-47-36/h20-23,25,31-33H,3-4,13-19,24,26-28H2,1-2,5-12H3/t31?,33?,46-/m0/s1. The van der Waals surface area contributed by atoms with Crippen molar-refractivity contribution in [1.29, 1.82) is 0 Å². The first-order valence-electron chi connectivity index (χ1n) is 20.4. The van der Waals surface area contributed by atoms with Gasteiger partial charge in [-0.05, 0) is 81.8 Å². The Morgan fingerprint density at radius 2 is 1.48 bits per heavy atom. The quantitative estimate of drug-likeness (QED) is 0.167. The number of fused-ring (bicyclic) bond motifs is 4. The average molecular weight is 769 g/mol. The van der Waals surface area contributed by atoms with Gasteiger partial charge in [0.1, 0.15) is 0 Å². The molecule has 4 heterocycles. The van der Waals surface area contributed by atoms with E-state index >= 15 is 0 Å². The molecule has 3 atom stereocenters. The van der Waals surface area contributed by atoms with Gasteiger partial charge in [0.15, 0.2) is 23.0 Å². The lowest BCUT2D eigenvalue weighted by atomic mass is 9.78. The molecule has 0 bridgehead atoms. The maximum Gasteiger partial charge on any atom is 0.257 e. The fraction of sp³-hybridized carbons (Fsp3) is 0.587. The monoisotopic (exact) mass is 768 g/mol. The number of carbonyl (C=O) groups is 2. The minimum atomic E-state index is -0.359. The summed E-state index contributed by atoms with van der Waals surface area (Å²) >= 11 is 0. The third-order valence-corrected chi connectivity index (χ3v) is 12.9. The number of anilines is 1. The van der Waals surface area contributed by atoms with Crippen LogP contribution in [0.25, 0.3) is 0 Å². The van der Waals surface area contributed by atoms with Gasteiger partial charge in [0.2, 0.25) is 0 Å². The molecular formula is C46H64N4O6. The van der Waals surface area contributed by atoms with Gasteiger partial charge < -0.3 is 33.6 Å². The molecule has 0 saturated carbocycles. The summed E-state index contributed by atoms with van der Waals surface area (Å²) in [4.78, 5) is 38.7. The molecule has 4 aliphatic rings. The summed E-state index contributed by atoms with van der Waals surface area (Å²) in [6.07, 6.45) is 8.03. The molecule has 10 nitrogen and oxygen atoms in total. The van der Waals surface area contributed by atoms with E-state index < -0.39 is 0 Å². The van der Waals surface area contributed by atoms with Crippen molar-refractivity contribution in [3.8, 4) is 23.0 Å². The van der Waals surface area contributed by atoms with Crippen molar-refractivity contribution in [2.75, 3.05) is 45.4 Å². The van der Waals surface area contributed by atoms with Crippen molar-refractivity contribution >= 4 is 29.4 Å². The molecular weight excluding hydrogens is 705 g/mol. The van der Waals surface area contributed by atoms with Crippen LogP contribution in [0.15, 0.2) is 53.6 Å². The number of benzene rings is 2. The largest absolute Gasteiger partial charge is 0.493 e. The molecule has 2 amide bonds. The molecule has 4 aliphatic heterocycles. The van der Waals surface area contributed by atoms with E-state index in [1.165, 1.54) is 0 Å². The van der Waals surface area contributed by atoms with Crippen molar-refractivity contribution in [2.24, 2.45) is 15.8 Å². The summed E-state index contributed by atoms with van der Waals surface area (Å²) in [5.41, 5.74) is 4.31. The van der Waals surface area contributed by atoms with Crippen molar-refractivity contribution in [3.05, 3.63) is 59.7 Å². The lowest BCUT2D eigenvalue weighted by Crippen LogP contribution is -2.58. The molecule has 0 aliphatic carbocycles. The number of hydrogen-bond donors (Lipinski definition) is 0. The first kappa shape index (κ1) is 41.2. The van der Waals surface area contributed by atoms with Gasteiger partial charge in [0.05, 0.1) is 61.5 Å². The minimum Gasteiger partial charge on any atom is -0.493 e. The number of nitrogens with zero attached hydrogens (tertiary/aromatic N) is 4. The molecule has 0 radical (unpaired) electrons. The van der Waals surface area contributed by atoms with Gasteiger partial charge in [0, 0.05) is 43.5 Å². The van der Waals surface area contributed by atoms with Crippen LogP contribution in [0.2, 0.25) is 0 Å². The fourth-order valence-electron chi connectivity index (χ4n) is 8.98. The Morgan fingerprint density at radius 1 is 0.839 bits per heavy atom. The van der Waals surface area contributed by atoms with E-state index in [-0.39, 0.29) is 46.3 Å². The van der Waals surface area contributed by atoms with Crippen LogP contribution in [0.5, 0.6) is 23.0 Å². The number of carbonyl (C=O) groups excluding carboxylic acids is 2. The summed E-state index contributed by atoms with van der Waals surface area (Å²) < 4.78 is 24.5. The Balaban J connectivity index is 1.11. The summed E-state index contributed by atoms with van der Waals surface area (Å²) in [5.74, 6) is 2.30. The van der Waals surface area contributed by atoms with Gasteiger partial charge in [0.25, 0.3) is 11.8 Å². The van der Waals surface area contributed by atoms with E-state index in [9.17, 15) is 9.59 Å². The third kappa shape index (κ3) is 7.90. The van der Waals surface area contributed by atoms with Gasteiger partial charge in [-0.1, -0.05) is 65.8 Å². The van der Waals surface area contributed by atoms with Crippen molar-refractivity contribution < 1.29 is 28.5 Å². The van der Waals surface area contributed by atoms with E-state index in [0.717, 1.165) is 61.8 Å². The molecule has 10 heteroatoms. The zero-order chi connectivity index (χ0) is 40.7. The van der Waals surface area contributed by atoms with E-state index in [1.807, 2.05) is 34.2 Å². The molecule has 2 saturated heterocycles. The van der Waals surface area contributed by atoms with E-state index in [2.05, 4.69) is 78.4 Å². The normalized spacial score (nSPS) is 22.2. The number of hydrogen-bond acceptors (Lipinski definition) is 8. The Hall–Kier alpha value is -4.47. The molecule has 2 aromatic carbocycles. The van der Waals surface area contributed by atoms with Crippen LogP contribution >= 0.6 is 0 Å². The van der Waals surface area contributed by atoms with Crippen molar-refractivity contribution in [2.45, 2.75) is 124 Å². The van der Waals surface area contributed by atoms with Gasteiger partial charge in [-0.3, -0.25) is 14.6 Å². The molecule has 2 fully saturated rings. The van der Waals surface area contributed by atoms with E-state index in [0.29, 0.717) is 66.1 Å². The molecule has 6 rings (SSSR count). The predicted molar refractivity (Wildman–Crippen MR) is 225 cm³/mol. The summed E-state index contributed by atoms with van der Waals surface area (Å²) in [5, 5.41) is 0. The first-order chi connectivity index (χ1) is 26.5. The SMILES string of the molecule is C=C1CC2C=Nc3cc(OCC(C)(C)CCC(C)(C)CCOc4cc5c(cc4OC)C(=O)N4CC(=C)C[C@@]4(C)C(C)N5C(CC)CC)c(OC)cc3C(=O)N2C1. The average Bonchev–Trinajstić information content (AvgIpc) is 3.65. The Bertz CT molecular complexity index is 1900. The van der Waals surface area contributed by atoms with Crippen LogP contribution in [-0.2, 0) is 0 Å². The van der Waals surface area contributed by atoms with E-state index in [4.69, 9.17) is 18.9 Å². The molecule has 56 heavy (non-hydrogen) atoms. The molecule has 2 unspecified atom stereocenters. The maximum atomic E-state index is 14.2. The molecule has 2 aromatic rings. The Labute approximate surface area is 334 Å². The minimum absolute atomic E-state index is 0.0144. The van der Waals surface area contributed by atoms with Gasteiger partial charge >= 0.3 is 0 Å². The lowest BCUT2D eigenvalue weighted by molar-refractivity contribution is 0.0593. The second-order valence-electron chi connectivity index (χ2n) is 18.2. The van der Waals surface area contributed by atoms with Gasteiger partial charge in [-0.2, -0.15) is 0 Å². The molecule has 0 spiro atoms. The Morgan fingerprint density at radius 3 is 2.14 bits per heavy atom. The summed E-state index contributed by atoms with van der Waals surface area (Å²) in [7, 11) is 3.24. The molecule has 0 N–H and O–H groups in total. The lowest BCUT2D eigenvalue weighted by Gasteiger charge is -2.46. The molecule has 0 aromatic heterocycles. The summed E-state index contributed by atoms with van der Waals surface area (Å²) in [6.45, 7) is 28.4. The van der Waals surface area contributed by atoms with Crippen molar-refractivity contribution in [3.63, 3.8) is 0 Å². The Kier molecular flexibility index (Phi) is 11.6. The van der Waals surface area contributed by atoms with Crippen molar-refractivity contribution in [1.82, 2.24) is 9.80 Å². The number of ether oxygens (including phenoxy) is 4. The van der Waals surface area contributed by atoms with Crippen LogP contribution in [0.3, 0.4) is 0 Å². The smallest absolute Gasteiger partial charge is 0.257 e. The number of amides is 2. The van der Waals surface area contributed by atoms with Gasteiger partial charge in [-0.25, -0.2) is 0 Å². The third-order valence-electron chi connectivity index (χ3n) is 12.9. The first-order valence-corrected chi connectivity index (χ1v) is 20.4. The number of rotatable bonds is 15. The maximum absolute atomic E-state index is 14.2. The second kappa shape index (κ2) is 15.8. The topological polar surface area (TPSA) is 93.1 Å². The number of methoxy groups -OCH3 is 2. The van der Waals surface area contributed by atoms with Crippen LogP contribution in [0.1, 0.15) is 121 Å². The predicted octanol–water partition coefficient (Wildman–Crippen LogP) is 9.43.